The van der Waals surface area contributed by atoms with E-state index in [4.69, 9.17) is 0 Å². The summed E-state index contributed by atoms with van der Waals surface area (Å²) in [5, 5.41) is 0. The van der Waals surface area contributed by atoms with Crippen molar-refractivity contribution in [2.45, 2.75) is 25.2 Å². The lowest BCUT2D eigenvalue weighted by Gasteiger charge is -2.22. The molecule has 1 heterocycles. The van der Waals surface area contributed by atoms with Crippen LogP contribution in [0.25, 0.3) is 0 Å². The first-order valence-electron chi connectivity index (χ1n) is 5.08. The molecular formula is C12H13N. The summed E-state index contributed by atoms with van der Waals surface area (Å²) in [5.74, 6) is 1.50. The van der Waals surface area contributed by atoms with E-state index in [9.17, 15) is 0 Å². The van der Waals surface area contributed by atoms with Crippen molar-refractivity contribution in [1.29, 1.82) is 0 Å². The number of aliphatic imine (C=N–C) groups is 1. The maximum absolute atomic E-state index is 4.51. The molecule has 3 rings (SSSR count). The first kappa shape index (κ1) is 7.31. The van der Waals surface area contributed by atoms with Gasteiger partial charge >= 0.3 is 0 Å². The van der Waals surface area contributed by atoms with E-state index < -0.39 is 0 Å². The van der Waals surface area contributed by atoms with E-state index in [1.165, 1.54) is 30.5 Å². The Bertz CT molecular complexity index is 354. The van der Waals surface area contributed by atoms with Crippen molar-refractivity contribution >= 4 is 11.9 Å². The number of hydrogen-bond donors (Lipinski definition) is 0. The van der Waals surface area contributed by atoms with Crippen LogP contribution in [0, 0.1) is 5.92 Å². The van der Waals surface area contributed by atoms with Crippen LogP contribution in [0.2, 0.25) is 0 Å². The standard InChI is InChI=1S/C12H13N/c1-2-7-12-11(5-1)10-6-3-4-9(10)8-13-12/h1-2,5,7-10H,3-4,6H2/t9-,10-/m0/s1. The summed E-state index contributed by atoms with van der Waals surface area (Å²) in [5.41, 5.74) is 2.68. The normalized spacial score (nSPS) is 29.8. The van der Waals surface area contributed by atoms with Crippen molar-refractivity contribution in [3.8, 4) is 0 Å². The van der Waals surface area contributed by atoms with Crippen molar-refractivity contribution in [3.05, 3.63) is 29.8 Å². The van der Waals surface area contributed by atoms with E-state index in [2.05, 4.69) is 35.5 Å². The maximum Gasteiger partial charge on any atom is 0.0660 e. The van der Waals surface area contributed by atoms with E-state index >= 15 is 0 Å². The Balaban J connectivity index is 2.13. The number of rotatable bonds is 0. The highest BCUT2D eigenvalue weighted by Crippen LogP contribution is 2.44. The molecule has 0 amide bonds. The molecule has 0 bridgehead atoms. The lowest BCUT2D eigenvalue weighted by molar-refractivity contribution is 0.626. The number of fused-ring (bicyclic) bond motifs is 3. The van der Waals surface area contributed by atoms with Crippen molar-refractivity contribution in [2.24, 2.45) is 10.9 Å². The molecule has 1 fully saturated rings. The molecule has 2 atom stereocenters. The Kier molecular flexibility index (Phi) is 1.51. The molecule has 66 valence electrons. The molecule has 0 spiro atoms. The molecule has 2 aliphatic rings. The third-order valence-electron chi connectivity index (χ3n) is 3.31. The van der Waals surface area contributed by atoms with Gasteiger partial charge in [-0.05, 0) is 30.4 Å². The van der Waals surface area contributed by atoms with Gasteiger partial charge in [0.2, 0.25) is 0 Å². The van der Waals surface area contributed by atoms with Crippen LogP contribution in [0.1, 0.15) is 30.7 Å². The van der Waals surface area contributed by atoms with Crippen LogP contribution in [-0.4, -0.2) is 6.21 Å². The highest BCUT2D eigenvalue weighted by molar-refractivity contribution is 5.73. The average Bonchev–Trinajstić information content (AvgIpc) is 2.65. The van der Waals surface area contributed by atoms with Gasteiger partial charge in [0, 0.05) is 12.1 Å². The molecule has 1 nitrogen and oxygen atoms in total. The molecule has 0 N–H and O–H groups in total. The second-order valence-corrected chi connectivity index (χ2v) is 4.04. The van der Waals surface area contributed by atoms with Gasteiger partial charge in [0.15, 0.2) is 0 Å². The smallest absolute Gasteiger partial charge is 0.0660 e. The van der Waals surface area contributed by atoms with E-state index in [0.29, 0.717) is 0 Å². The summed E-state index contributed by atoms with van der Waals surface area (Å²) < 4.78 is 0. The van der Waals surface area contributed by atoms with Crippen molar-refractivity contribution in [2.75, 3.05) is 0 Å². The first-order chi connectivity index (χ1) is 6.45. The van der Waals surface area contributed by atoms with Gasteiger partial charge in [0.1, 0.15) is 0 Å². The molecule has 1 saturated carbocycles. The topological polar surface area (TPSA) is 12.4 Å². The molecule has 0 aromatic heterocycles. The van der Waals surface area contributed by atoms with E-state index in [0.717, 1.165) is 11.8 Å². The molecule has 0 radical (unpaired) electrons. The third kappa shape index (κ3) is 1.03. The monoisotopic (exact) mass is 171 g/mol. The SMILES string of the molecule is C1=Nc2ccccc2[C@H]2CCC[C@@H]12. The van der Waals surface area contributed by atoms with Gasteiger partial charge in [-0.1, -0.05) is 24.6 Å². The lowest BCUT2D eigenvalue weighted by Crippen LogP contribution is -2.11. The van der Waals surface area contributed by atoms with E-state index in [1.54, 1.807) is 0 Å². The summed E-state index contributed by atoms with van der Waals surface area (Å²) in [7, 11) is 0. The van der Waals surface area contributed by atoms with Gasteiger partial charge in [0.05, 0.1) is 5.69 Å². The summed E-state index contributed by atoms with van der Waals surface area (Å²) in [6.07, 6.45) is 6.23. The molecule has 1 heteroatoms. The number of para-hydroxylation sites is 1. The summed E-state index contributed by atoms with van der Waals surface area (Å²) in [4.78, 5) is 4.51. The number of nitrogens with zero attached hydrogens (tertiary/aromatic N) is 1. The lowest BCUT2D eigenvalue weighted by atomic mass is 9.87. The predicted molar refractivity (Wildman–Crippen MR) is 54.7 cm³/mol. The summed E-state index contributed by atoms with van der Waals surface area (Å²) >= 11 is 0. The summed E-state index contributed by atoms with van der Waals surface area (Å²) in [6.45, 7) is 0. The van der Waals surface area contributed by atoms with Gasteiger partial charge in [-0.2, -0.15) is 0 Å². The second-order valence-electron chi connectivity index (χ2n) is 4.04. The van der Waals surface area contributed by atoms with Gasteiger partial charge in [-0.3, -0.25) is 4.99 Å². The third-order valence-corrected chi connectivity index (χ3v) is 3.31. The molecule has 0 saturated heterocycles. The van der Waals surface area contributed by atoms with Gasteiger partial charge in [-0.15, -0.1) is 0 Å². The van der Waals surface area contributed by atoms with Crippen LogP contribution in [0.4, 0.5) is 5.69 Å². The second kappa shape index (κ2) is 2.69. The van der Waals surface area contributed by atoms with E-state index in [1.807, 2.05) is 0 Å². The Hall–Kier alpha value is -1.11. The number of hydrogen-bond acceptors (Lipinski definition) is 1. The molecule has 1 aliphatic heterocycles. The van der Waals surface area contributed by atoms with Crippen molar-refractivity contribution in [3.63, 3.8) is 0 Å². The zero-order valence-electron chi connectivity index (χ0n) is 7.61. The average molecular weight is 171 g/mol. The van der Waals surface area contributed by atoms with Crippen LogP contribution < -0.4 is 0 Å². The fourth-order valence-corrected chi connectivity index (χ4v) is 2.65. The molecule has 1 aromatic rings. The maximum atomic E-state index is 4.51. The van der Waals surface area contributed by atoms with Crippen LogP contribution in [-0.2, 0) is 0 Å². The quantitative estimate of drug-likeness (QED) is 0.568. The highest BCUT2D eigenvalue weighted by Gasteiger charge is 2.30. The zero-order chi connectivity index (χ0) is 8.67. The zero-order valence-corrected chi connectivity index (χ0v) is 7.61. The molecule has 1 aromatic carbocycles. The van der Waals surface area contributed by atoms with Gasteiger partial charge < -0.3 is 0 Å². The Labute approximate surface area is 78.5 Å². The van der Waals surface area contributed by atoms with Gasteiger partial charge in [0.25, 0.3) is 0 Å². The molecule has 1 aliphatic carbocycles. The van der Waals surface area contributed by atoms with Crippen molar-refractivity contribution < 1.29 is 0 Å². The minimum Gasteiger partial charge on any atom is -0.261 e. The number of benzene rings is 1. The Morgan fingerprint density at radius 2 is 2.08 bits per heavy atom. The Morgan fingerprint density at radius 1 is 1.15 bits per heavy atom. The fourth-order valence-electron chi connectivity index (χ4n) is 2.65. The van der Waals surface area contributed by atoms with E-state index in [-0.39, 0.29) is 0 Å². The van der Waals surface area contributed by atoms with Crippen LogP contribution >= 0.6 is 0 Å². The minimum absolute atomic E-state index is 0.731. The van der Waals surface area contributed by atoms with Crippen molar-refractivity contribution in [1.82, 2.24) is 0 Å². The first-order valence-corrected chi connectivity index (χ1v) is 5.08. The summed E-state index contributed by atoms with van der Waals surface area (Å²) in [6, 6.07) is 8.58. The van der Waals surface area contributed by atoms with Crippen LogP contribution in [0.15, 0.2) is 29.3 Å². The predicted octanol–water partition coefficient (Wildman–Crippen LogP) is 3.29. The molecular weight excluding hydrogens is 158 g/mol. The van der Waals surface area contributed by atoms with Crippen LogP contribution in [0.5, 0.6) is 0 Å². The Morgan fingerprint density at radius 3 is 3.08 bits per heavy atom. The molecule has 0 unspecified atom stereocenters. The minimum atomic E-state index is 0.731. The largest absolute Gasteiger partial charge is 0.261 e. The van der Waals surface area contributed by atoms with Gasteiger partial charge in [-0.25, -0.2) is 0 Å². The molecule has 13 heavy (non-hydrogen) atoms. The fraction of sp³-hybridized carbons (Fsp3) is 0.417. The van der Waals surface area contributed by atoms with Crippen LogP contribution in [0.3, 0.4) is 0 Å². The highest BCUT2D eigenvalue weighted by atomic mass is 14.8.